The summed E-state index contributed by atoms with van der Waals surface area (Å²) in [7, 11) is 0. The van der Waals surface area contributed by atoms with Crippen LogP contribution in [0.1, 0.15) is 49.9 Å². The Bertz CT molecular complexity index is 630. The topological polar surface area (TPSA) is 50.4 Å². The summed E-state index contributed by atoms with van der Waals surface area (Å²) in [6.07, 6.45) is 5.76. The van der Waals surface area contributed by atoms with Crippen LogP contribution in [0.5, 0.6) is 5.75 Å². The van der Waals surface area contributed by atoms with Crippen molar-refractivity contribution in [1.82, 2.24) is 5.32 Å². The average molecular weight is 328 g/mol. The van der Waals surface area contributed by atoms with Crippen LogP contribution in [0.3, 0.4) is 0 Å². The Kier molecular flexibility index (Phi) is 4.25. The second-order valence-corrected chi connectivity index (χ2v) is 7.95. The van der Waals surface area contributed by atoms with Crippen LogP contribution in [0.4, 0.5) is 5.69 Å². The van der Waals surface area contributed by atoms with Gasteiger partial charge in [0.15, 0.2) is 5.78 Å². The summed E-state index contributed by atoms with van der Waals surface area (Å²) in [5.41, 5.74) is 1.69. The lowest BCUT2D eigenvalue weighted by Crippen LogP contribution is -2.39. The molecule has 2 N–H and O–H groups in total. The molecule has 0 saturated heterocycles. The molecule has 0 radical (unpaired) electrons. The third-order valence-electron chi connectivity index (χ3n) is 6.23. The quantitative estimate of drug-likeness (QED) is 0.813. The molecule has 1 aliphatic heterocycles. The molecule has 5 atom stereocenters. The molecule has 1 heterocycles. The van der Waals surface area contributed by atoms with Gasteiger partial charge in [-0.3, -0.25) is 4.79 Å². The van der Waals surface area contributed by atoms with E-state index in [-0.39, 0.29) is 11.9 Å². The standard InChI is InChI=1S/C20H28N2O2/c1-12-10-22-18-9-16(5-6-20(18)24-12)19(23)11-21-13(2)17-8-14-3-4-15(17)7-14/h5-6,9,12-15,17,21-22H,3-4,7-8,10-11H2,1-2H3. The van der Waals surface area contributed by atoms with Gasteiger partial charge in [0.05, 0.1) is 18.8 Å². The van der Waals surface area contributed by atoms with Gasteiger partial charge in [-0.15, -0.1) is 0 Å². The van der Waals surface area contributed by atoms with Crippen molar-refractivity contribution in [3.63, 3.8) is 0 Å². The minimum absolute atomic E-state index is 0.160. The van der Waals surface area contributed by atoms with Crippen molar-refractivity contribution < 1.29 is 9.53 Å². The predicted octanol–water partition coefficient (Wildman–Crippen LogP) is 3.48. The normalized spacial score (nSPS) is 31.9. The first-order valence-electron chi connectivity index (χ1n) is 9.41. The number of anilines is 1. The number of rotatable bonds is 5. The lowest BCUT2D eigenvalue weighted by Gasteiger charge is -2.28. The van der Waals surface area contributed by atoms with E-state index >= 15 is 0 Å². The zero-order valence-corrected chi connectivity index (χ0v) is 14.7. The van der Waals surface area contributed by atoms with Crippen molar-refractivity contribution in [3.05, 3.63) is 23.8 Å². The fourth-order valence-corrected chi connectivity index (χ4v) is 4.87. The Morgan fingerprint density at radius 3 is 3.00 bits per heavy atom. The number of Topliss-reactive ketones (excluding diaryl/α,β-unsaturated/α-hetero) is 1. The number of ether oxygens (including phenoxy) is 1. The molecular formula is C20H28N2O2. The van der Waals surface area contributed by atoms with Gasteiger partial charge in [0.2, 0.25) is 0 Å². The highest BCUT2D eigenvalue weighted by Gasteiger charge is 2.41. The molecule has 4 nitrogen and oxygen atoms in total. The van der Waals surface area contributed by atoms with E-state index in [9.17, 15) is 4.79 Å². The molecule has 130 valence electrons. The van der Waals surface area contributed by atoms with Crippen LogP contribution >= 0.6 is 0 Å². The Morgan fingerprint density at radius 1 is 1.38 bits per heavy atom. The summed E-state index contributed by atoms with van der Waals surface area (Å²) in [5.74, 6) is 3.60. The van der Waals surface area contributed by atoms with Gasteiger partial charge in [-0.05, 0) is 69.1 Å². The van der Waals surface area contributed by atoms with Crippen molar-refractivity contribution in [3.8, 4) is 5.75 Å². The van der Waals surface area contributed by atoms with Gasteiger partial charge in [0, 0.05) is 11.6 Å². The van der Waals surface area contributed by atoms with Gasteiger partial charge in [-0.2, -0.15) is 0 Å². The Balaban J connectivity index is 1.34. The molecule has 5 unspecified atom stereocenters. The Labute approximate surface area is 144 Å². The summed E-state index contributed by atoms with van der Waals surface area (Å²) in [5, 5.41) is 6.83. The second-order valence-electron chi connectivity index (χ2n) is 7.95. The first kappa shape index (κ1) is 15.9. The van der Waals surface area contributed by atoms with Crippen molar-refractivity contribution in [2.75, 3.05) is 18.4 Å². The van der Waals surface area contributed by atoms with Gasteiger partial charge in [-0.25, -0.2) is 0 Å². The van der Waals surface area contributed by atoms with Crippen LogP contribution in [0.15, 0.2) is 18.2 Å². The average Bonchev–Trinajstić information content (AvgIpc) is 3.22. The molecule has 1 aromatic carbocycles. The van der Waals surface area contributed by atoms with E-state index in [0.29, 0.717) is 12.6 Å². The summed E-state index contributed by atoms with van der Waals surface area (Å²) in [4.78, 5) is 12.5. The van der Waals surface area contributed by atoms with Crippen molar-refractivity contribution in [2.45, 2.75) is 51.7 Å². The monoisotopic (exact) mass is 328 g/mol. The number of carbonyl (C=O) groups excluding carboxylic acids is 1. The zero-order valence-electron chi connectivity index (χ0n) is 14.7. The SMILES string of the molecule is CC1CNc2cc(C(=O)CNC(C)C3CC4CCC3C4)ccc2O1. The van der Waals surface area contributed by atoms with Crippen molar-refractivity contribution in [1.29, 1.82) is 0 Å². The van der Waals surface area contributed by atoms with E-state index < -0.39 is 0 Å². The lowest BCUT2D eigenvalue weighted by atomic mass is 9.84. The number of nitrogens with one attached hydrogen (secondary N) is 2. The summed E-state index contributed by atoms with van der Waals surface area (Å²) in [6, 6.07) is 6.15. The molecule has 4 heteroatoms. The van der Waals surface area contributed by atoms with Crippen LogP contribution in [0.25, 0.3) is 0 Å². The predicted molar refractivity (Wildman–Crippen MR) is 95.8 cm³/mol. The molecule has 0 spiro atoms. The largest absolute Gasteiger partial charge is 0.487 e. The third-order valence-corrected chi connectivity index (χ3v) is 6.23. The molecule has 2 saturated carbocycles. The van der Waals surface area contributed by atoms with E-state index in [1.54, 1.807) is 0 Å². The maximum absolute atomic E-state index is 12.5. The fourth-order valence-electron chi connectivity index (χ4n) is 4.87. The Morgan fingerprint density at radius 2 is 2.25 bits per heavy atom. The van der Waals surface area contributed by atoms with Gasteiger partial charge >= 0.3 is 0 Å². The van der Waals surface area contributed by atoms with E-state index in [2.05, 4.69) is 17.6 Å². The van der Waals surface area contributed by atoms with Gasteiger partial charge in [0.25, 0.3) is 0 Å². The van der Waals surface area contributed by atoms with Crippen LogP contribution in [-0.2, 0) is 0 Å². The maximum atomic E-state index is 12.5. The smallest absolute Gasteiger partial charge is 0.176 e. The number of ketones is 1. The number of benzene rings is 1. The molecule has 2 bridgehead atoms. The molecule has 0 amide bonds. The van der Waals surface area contributed by atoms with E-state index in [1.165, 1.54) is 25.7 Å². The van der Waals surface area contributed by atoms with Crippen molar-refractivity contribution in [2.24, 2.45) is 17.8 Å². The number of carbonyl (C=O) groups is 1. The van der Waals surface area contributed by atoms with Gasteiger partial charge in [-0.1, -0.05) is 6.42 Å². The Hall–Kier alpha value is -1.55. The van der Waals surface area contributed by atoms with Gasteiger partial charge < -0.3 is 15.4 Å². The zero-order chi connectivity index (χ0) is 16.7. The molecular weight excluding hydrogens is 300 g/mol. The summed E-state index contributed by atoms with van der Waals surface area (Å²) >= 11 is 0. The second kappa shape index (κ2) is 6.40. The van der Waals surface area contributed by atoms with Crippen molar-refractivity contribution >= 4 is 11.5 Å². The molecule has 3 aliphatic rings. The van der Waals surface area contributed by atoms with Crippen LogP contribution < -0.4 is 15.4 Å². The number of fused-ring (bicyclic) bond motifs is 3. The maximum Gasteiger partial charge on any atom is 0.176 e. The van der Waals surface area contributed by atoms with Gasteiger partial charge in [0.1, 0.15) is 11.9 Å². The summed E-state index contributed by atoms with van der Waals surface area (Å²) in [6.45, 7) is 5.49. The first-order chi connectivity index (χ1) is 11.6. The molecule has 0 aromatic heterocycles. The fraction of sp³-hybridized carbons (Fsp3) is 0.650. The van der Waals surface area contributed by atoms with E-state index in [0.717, 1.165) is 41.3 Å². The molecule has 4 rings (SSSR count). The van der Waals surface area contributed by atoms with Crippen LogP contribution in [0.2, 0.25) is 0 Å². The molecule has 2 fully saturated rings. The van der Waals surface area contributed by atoms with E-state index in [4.69, 9.17) is 4.74 Å². The highest BCUT2D eigenvalue weighted by molar-refractivity contribution is 5.98. The minimum atomic E-state index is 0.160. The minimum Gasteiger partial charge on any atom is -0.487 e. The highest BCUT2D eigenvalue weighted by Crippen LogP contribution is 2.49. The van der Waals surface area contributed by atoms with E-state index in [1.807, 2.05) is 25.1 Å². The first-order valence-corrected chi connectivity index (χ1v) is 9.41. The van der Waals surface area contributed by atoms with Crippen LogP contribution in [-0.4, -0.2) is 31.0 Å². The lowest BCUT2D eigenvalue weighted by molar-refractivity contribution is 0.0981. The number of hydrogen-bond acceptors (Lipinski definition) is 4. The molecule has 1 aromatic rings. The summed E-state index contributed by atoms with van der Waals surface area (Å²) < 4.78 is 5.77. The third kappa shape index (κ3) is 3.04. The molecule has 24 heavy (non-hydrogen) atoms. The number of hydrogen-bond donors (Lipinski definition) is 2. The van der Waals surface area contributed by atoms with Crippen LogP contribution in [0, 0.1) is 17.8 Å². The molecule has 2 aliphatic carbocycles. The highest BCUT2D eigenvalue weighted by atomic mass is 16.5.